The maximum atomic E-state index is 13.4. The fourth-order valence-corrected chi connectivity index (χ4v) is 4.77. The molecule has 33 heavy (non-hydrogen) atoms. The average molecular weight is 488 g/mol. The van der Waals surface area contributed by atoms with Crippen molar-refractivity contribution >= 4 is 41.1 Å². The Labute approximate surface area is 199 Å². The maximum absolute atomic E-state index is 13.4. The Hall–Kier alpha value is -3.07. The molecule has 1 aliphatic heterocycles. The monoisotopic (exact) mass is 487 g/mol. The lowest BCUT2D eigenvalue weighted by Gasteiger charge is -2.21. The largest absolute Gasteiger partial charge is 0.497 e. The summed E-state index contributed by atoms with van der Waals surface area (Å²) in [5, 5.41) is 0.516. The van der Waals surface area contributed by atoms with E-state index in [0.29, 0.717) is 26.6 Å². The lowest BCUT2D eigenvalue weighted by atomic mass is 10.1. The molecular weight excluding hydrogens is 466 g/mol. The van der Waals surface area contributed by atoms with Crippen LogP contribution in [0.15, 0.2) is 41.2 Å². The lowest BCUT2D eigenvalue weighted by molar-refractivity contribution is -0.135. The Morgan fingerprint density at radius 1 is 1.27 bits per heavy atom. The Morgan fingerprint density at radius 3 is 2.79 bits per heavy atom. The van der Waals surface area contributed by atoms with E-state index in [4.69, 9.17) is 30.5 Å². The summed E-state index contributed by atoms with van der Waals surface area (Å²) < 4.78 is 23.8. The molecule has 7 nitrogen and oxygen atoms in total. The molecule has 0 N–H and O–H groups in total. The molecule has 4 rings (SSSR count). The van der Waals surface area contributed by atoms with Gasteiger partial charge in [-0.05, 0) is 42.8 Å². The van der Waals surface area contributed by atoms with Crippen LogP contribution < -0.4 is 24.2 Å². The van der Waals surface area contributed by atoms with E-state index in [9.17, 15) is 9.59 Å². The molecule has 0 bridgehead atoms. The van der Waals surface area contributed by atoms with E-state index in [2.05, 4.69) is 0 Å². The van der Waals surface area contributed by atoms with E-state index in [1.54, 1.807) is 32.2 Å². The number of carbonyl (C=O) groups is 1. The number of methoxy groups -OCH3 is 1. The van der Waals surface area contributed by atoms with Gasteiger partial charge in [0, 0.05) is 16.1 Å². The van der Waals surface area contributed by atoms with Crippen LogP contribution in [0.2, 0.25) is 5.02 Å². The molecule has 2 heterocycles. The fraction of sp³-hybridized carbons (Fsp3) is 0.250. The molecule has 1 aromatic heterocycles. The minimum absolute atomic E-state index is 0.123. The molecule has 0 spiro atoms. The molecule has 0 unspecified atom stereocenters. The van der Waals surface area contributed by atoms with Crippen LogP contribution in [-0.2, 0) is 27.4 Å². The molecule has 1 aliphatic rings. The van der Waals surface area contributed by atoms with Gasteiger partial charge in [-0.2, -0.15) is 0 Å². The SMILES string of the molecule is CCOC(=O)/C=c1\s/c(=C\c2ccc(OC)cc2)c(=O)n1Cc1cc(Cl)cc2c1OCOC2. The van der Waals surface area contributed by atoms with Crippen molar-refractivity contribution in [2.75, 3.05) is 20.5 Å². The van der Waals surface area contributed by atoms with Gasteiger partial charge in [0.25, 0.3) is 5.56 Å². The number of carbonyl (C=O) groups excluding carboxylic acids is 1. The minimum atomic E-state index is -0.513. The molecule has 0 atom stereocenters. The minimum Gasteiger partial charge on any atom is -0.497 e. The van der Waals surface area contributed by atoms with Crippen molar-refractivity contribution in [1.29, 1.82) is 0 Å². The van der Waals surface area contributed by atoms with Crippen molar-refractivity contribution in [2.24, 2.45) is 0 Å². The van der Waals surface area contributed by atoms with E-state index in [0.717, 1.165) is 22.4 Å². The molecule has 0 saturated heterocycles. The number of ether oxygens (including phenoxy) is 4. The van der Waals surface area contributed by atoms with Crippen molar-refractivity contribution in [1.82, 2.24) is 4.57 Å². The second-order valence-electron chi connectivity index (χ2n) is 7.17. The predicted molar refractivity (Wildman–Crippen MR) is 126 cm³/mol. The van der Waals surface area contributed by atoms with Crippen LogP contribution in [0.4, 0.5) is 0 Å². The first-order valence-corrected chi connectivity index (χ1v) is 11.4. The van der Waals surface area contributed by atoms with Crippen LogP contribution in [0.1, 0.15) is 23.6 Å². The number of thiazole rings is 1. The number of nitrogens with zero attached hydrogens (tertiary/aromatic N) is 1. The van der Waals surface area contributed by atoms with Gasteiger partial charge in [0.05, 0.1) is 37.5 Å². The van der Waals surface area contributed by atoms with E-state index < -0.39 is 5.97 Å². The van der Waals surface area contributed by atoms with Crippen molar-refractivity contribution in [2.45, 2.75) is 20.1 Å². The van der Waals surface area contributed by atoms with E-state index in [-0.39, 0.29) is 25.5 Å². The molecule has 0 amide bonds. The second kappa shape index (κ2) is 10.2. The normalized spacial score (nSPS) is 14.0. The number of hydrogen-bond donors (Lipinski definition) is 0. The second-order valence-corrected chi connectivity index (χ2v) is 8.67. The number of hydrogen-bond acceptors (Lipinski definition) is 7. The topological polar surface area (TPSA) is 76.0 Å². The summed E-state index contributed by atoms with van der Waals surface area (Å²) in [5.74, 6) is 0.856. The third-order valence-electron chi connectivity index (χ3n) is 4.96. The number of fused-ring (bicyclic) bond motifs is 1. The standard InChI is InChI=1S/C24H22ClNO6S/c1-3-31-22(27)11-21-26(12-16-9-18(25)10-17-13-30-14-32-23(16)17)24(28)20(33-21)8-15-4-6-19(29-2)7-5-15/h4-11H,3,12-14H2,1-2H3/b20-8-,21-11-. The average Bonchev–Trinajstić information content (AvgIpc) is 3.08. The van der Waals surface area contributed by atoms with Gasteiger partial charge in [0.15, 0.2) is 6.79 Å². The first kappa shape index (κ1) is 23.1. The van der Waals surface area contributed by atoms with Gasteiger partial charge in [-0.25, -0.2) is 4.79 Å². The number of aromatic nitrogens is 1. The van der Waals surface area contributed by atoms with Crippen LogP contribution >= 0.6 is 22.9 Å². The summed E-state index contributed by atoms with van der Waals surface area (Å²) in [6.07, 6.45) is 3.12. The number of esters is 1. The van der Waals surface area contributed by atoms with Gasteiger partial charge in [0.2, 0.25) is 0 Å². The van der Waals surface area contributed by atoms with Gasteiger partial charge in [-0.15, -0.1) is 11.3 Å². The van der Waals surface area contributed by atoms with Crippen molar-refractivity contribution in [3.05, 3.63) is 77.7 Å². The van der Waals surface area contributed by atoms with Crippen LogP contribution in [0.3, 0.4) is 0 Å². The predicted octanol–water partition coefficient (Wildman–Crippen LogP) is 2.66. The van der Waals surface area contributed by atoms with Crippen LogP contribution in [0.25, 0.3) is 12.2 Å². The summed E-state index contributed by atoms with van der Waals surface area (Å²) in [5.41, 5.74) is 2.15. The highest BCUT2D eigenvalue weighted by molar-refractivity contribution is 7.07. The molecule has 0 saturated carbocycles. The quantitative estimate of drug-likeness (QED) is 0.498. The van der Waals surface area contributed by atoms with Crippen molar-refractivity contribution < 1.29 is 23.7 Å². The van der Waals surface area contributed by atoms with E-state index in [1.165, 1.54) is 22.0 Å². The van der Waals surface area contributed by atoms with Crippen molar-refractivity contribution in [3.8, 4) is 11.5 Å². The maximum Gasteiger partial charge on any atom is 0.333 e. The molecule has 3 aromatic rings. The molecule has 172 valence electrons. The zero-order chi connectivity index (χ0) is 23.4. The molecule has 2 aromatic carbocycles. The summed E-state index contributed by atoms with van der Waals surface area (Å²) >= 11 is 7.51. The Morgan fingerprint density at radius 2 is 2.06 bits per heavy atom. The molecule has 0 aliphatic carbocycles. The highest BCUT2D eigenvalue weighted by Gasteiger charge is 2.18. The third-order valence-corrected chi connectivity index (χ3v) is 6.24. The van der Waals surface area contributed by atoms with Gasteiger partial charge in [-0.1, -0.05) is 23.7 Å². The zero-order valence-electron chi connectivity index (χ0n) is 18.1. The highest BCUT2D eigenvalue weighted by Crippen LogP contribution is 2.31. The summed E-state index contributed by atoms with van der Waals surface area (Å²) in [6.45, 7) is 2.65. The van der Waals surface area contributed by atoms with Crippen LogP contribution in [-0.4, -0.2) is 31.0 Å². The Balaban J connectivity index is 1.83. The first-order valence-electron chi connectivity index (χ1n) is 10.2. The highest BCUT2D eigenvalue weighted by atomic mass is 35.5. The smallest absolute Gasteiger partial charge is 0.333 e. The number of rotatable bonds is 6. The zero-order valence-corrected chi connectivity index (χ0v) is 19.7. The molecule has 0 radical (unpaired) electrons. The van der Waals surface area contributed by atoms with Gasteiger partial charge in [-0.3, -0.25) is 9.36 Å². The van der Waals surface area contributed by atoms with Gasteiger partial charge in [0.1, 0.15) is 16.2 Å². The Bertz CT molecular complexity index is 1340. The van der Waals surface area contributed by atoms with E-state index >= 15 is 0 Å². The fourth-order valence-electron chi connectivity index (χ4n) is 3.47. The molecule has 0 fully saturated rings. The number of benzene rings is 2. The molecule has 9 heteroatoms. The van der Waals surface area contributed by atoms with E-state index in [1.807, 2.05) is 24.3 Å². The Kier molecular flexibility index (Phi) is 7.17. The molecular formula is C24H22ClNO6S. The van der Waals surface area contributed by atoms with Crippen molar-refractivity contribution in [3.63, 3.8) is 0 Å². The third kappa shape index (κ3) is 5.30. The lowest BCUT2D eigenvalue weighted by Crippen LogP contribution is -2.32. The first-order chi connectivity index (χ1) is 16.0. The van der Waals surface area contributed by atoms with Crippen LogP contribution in [0.5, 0.6) is 11.5 Å². The summed E-state index contributed by atoms with van der Waals surface area (Å²) in [6, 6.07) is 10.9. The summed E-state index contributed by atoms with van der Waals surface area (Å²) in [4.78, 5) is 25.5. The van der Waals surface area contributed by atoms with Gasteiger partial charge < -0.3 is 18.9 Å². The summed E-state index contributed by atoms with van der Waals surface area (Å²) in [7, 11) is 1.60. The van der Waals surface area contributed by atoms with Crippen LogP contribution in [0, 0.1) is 0 Å². The van der Waals surface area contributed by atoms with Gasteiger partial charge >= 0.3 is 5.97 Å². The number of halogens is 1.